The molecule has 1 amide bonds. The maximum Gasteiger partial charge on any atom is 0.257 e. The predicted molar refractivity (Wildman–Crippen MR) is 74.4 cm³/mol. The van der Waals surface area contributed by atoms with Crippen molar-refractivity contribution in [1.29, 1.82) is 0 Å². The molecule has 3 unspecified atom stereocenters. The number of nitrogens with one attached hydrogen (secondary N) is 1. The van der Waals surface area contributed by atoms with Crippen molar-refractivity contribution in [2.24, 2.45) is 11.8 Å². The Kier molecular flexibility index (Phi) is 3.10. The van der Waals surface area contributed by atoms with Crippen molar-refractivity contribution in [3.63, 3.8) is 0 Å². The fraction of sp³-hybridized carbons (Fsp3) is 0.667. The quantitative estimate of drug-likeness (QED) is 0.725. The number of fused-ring (bicyclic) bond motifs is 1. The first-order valence-electron chi connectivity index (χ1n) is 6.52. The van der Waals surface area contributed by atoms with Crippen molar-refractivity contribution in [2.45, 2.75) is 18.9 Å². The molecule has 1 saturated carbocycles. The lowest BCUT2D eigenvalue weighted by Crippen LogP contribution is -2.27. The Bertz CT molecular complexity index is 504. The average molecular weight is 282 g/mol. The Morgan fingerprint density at radius 1 is 1.53 bits per heavy atom. The van der Waals surface area contributed by atoms with Gasteiger partial charge in [-0.15, -0.1) is 0 Å². The van der Waals surface area contributed by atoms with Crippen LogP contribution in [-0.4, -0.2) is 41.6 Å². The number of amides is 1. The van der Waals surface area contributed by atoms with Crippen LogP contribution >= 0.6 is 11.5 Å². The van der Waals surface area contributed by atoms with E-state index in [2.05, 4.69) is 14.6 Å². The molecule has 2 fully saturated rings. The van der Waals surface area contributed by atoms with Gasteiger partial charge >= 0.3 is 0 Å². The van der Waals surface area contributed by atoms with Crippen molar-refractivity contribution in [2.75, 3.05) is 30.8 Å². The number of nitrogen functional groups attached to an aromatic ring is 1. The van der Waals surface area contributed by atoms with Gasteiger partial charge < -0.3 is 21.1 Å². The zero-order chi connectivity index (χ0) is 13.6. The molecule has 1 aliphatic heterocycles. The smallest absolute Gasteiger partial charge is 0.257 e. The second-order valence-electron chi connectivity index (χ2n) is 5.30. The third-order valence-electron chi connectivity index (χ3n) is 4.26. The monoisotopic (exact) mass is 282 g/mol. The van der Waals surface area contributed by atoms with E-state index in [0.29, 0.717) is 17.4 Å². The van der Waals surface area contributed by atoms with Gasteiger partial charge in [0.25, 0.3) is 5.91 Å². The summed E-state index contributed by atoms with van der Waals surface area (Å²) in [7, 11) is 1.59. The molecule has 0 spiro atoms. The molecule has 1 aliphatic carbocycles. The molecule has 3 atom stereocenters. The van der Waals surface area contributed by atoms with Crippen LogP contribution in [0.5, 0.6) is 0 Å². The summed E-state index contributed by atoms with van der Waals surface area (Å²) < 4.78 is 4.10. The average Bonchev–Trinajstić information content (AvgIpc) is 3.05. The Labute approximate surface area is 115 Å². The summed E-state index contributed by atoms with van der Waals surface area (Å²) in [6.07, 6.45) is 1.76. The third kappa shape index (κ3) is 1.97. The van der Waals surface area contributed by atoms with E-state index in [1.54, 1.807) is 7.05 Å². The minimum atomic E-state index is -0.205. The fourth-order valence-electron chi connectivity index (χ4n) is 3.25. The summed E-state index contributed by atoms with van der Waals surface area (Å²) in [5, 5.41) is 13.4. The molecule has 1 aromatic heterocycles. The number of carbonyl (C=O) groups excluding carboxylic acids is 1. The number of rotatable bonds is 2. The Morgan fingerprint density at radius 2 is 2.32 bits per heavy atom. The highest BCUT2D eigenvalue weighted by Gasteiger charge is 2.43. The standard InChI is InChI=1S/C12H18N4O2S/c1-14-11(18)9-10(13)15-19-12(9)16-4-6-2-3-8(17)7(6)5-16/h6-8,17H,2-5H2,1H3,(H2,13,15)(H,14,18). The molecular weight excluding hydrogens is 264 g/mol. The summed E-state index contributed by atoms with van der Waals surface area (Å²) in [6.45, 7) is 1.67. The molecule has 1 aromatic rings. The van der Waals surface area contributed by atoms with Crippen LogP contribution in [0, 0.1) is 11.8 Å². The van der Waals surface area contributed by atoms with Crippen molar-refractivity contribution in [1.82, 2.24) is 9.69 Å². The number of nitrogens with two attached hydrogens (primary N) is 1. The Hall–Kier alpha value is -1.34. The second-order valence-corrected chi connectivity index (χ2v) is 6.05. The van der Waals surface area contributed by atoms with Crippen LogP contribution in [0.2, 0.25) is 0 Å². The minimum Gasteiger partial charge on any atom is -0.393 e. The molecule has 2 heterocycles. The molecule has 104 valence electrons. The largest absolute Gasteiger partial charge is 0.393 e. The van der Waals surface area contributed by atoms with E-state index in [-0.39, 0.29) is 17.8 Å². The van der Waals surface area contributed by atoms with E-state index in [4.69, 9.17) is 5.73 Å². The van der Waals surface area contributed by atoms with E-state index in [1.807, 2.05) is 0 Å². The predicted octanol–water partition coefficient (Wildman–Crippen LogP) is 0.292. The van der Waals surface area contributed by atoms with Crippen LogP contribution in [-0.2, 0) is 0 Å². The SMILES string of the molecule is CNC(=O)c1c(N)nsc1N1CC2CCC(O)C2C1. The molecular formula is C12H18N4O2S. The molecule has 1 saturated heterocycles. The normalized spacial score (nSPS) is 29.6. The van der Waals surface area contributed by atoms with Crippen LogP contribution in [0.3, 0.4) is 0 Å². The fourth-order valence-corrected chi connectivity index (χ4v) is 4.08. The van der Waals surface area contributed by atoms with E-state index in [0.717, 1.165) is 30.9 Å². The molecule has 4 N–H and O–H groups in total. The number of aromatic nitrogens is 1. The van der Waals surface area contributed by atoms with Crippen molar-refractivity contribution in [3.8, 4) is 0 Å². The number of anilines is 2. The highest BCUT2D eigenvalue weighted by Crippen LogP contribution is 2.42. The Balaban J connectivity index is 1.86. The zero-order valence-electron chi connectivity index (χ0n) is 10.8. The van der Waals surface area contributed by atoms with Crippen LogP contribution in [0.15, 0.2) is 0 Å². The zero-order valence-corrected chi connectivity index (χ0v) is 11.6. The summed E-state index contributed by atoms with van der Waals surface area (Å²) in [5.41, 5.74) is 6.27. The first-order valence-corrected chi connectivity index (χ1v) is 7.29. The number of hydrogen-bond donors (Lipinski definition) is 3. The van der Waals surface area contributed by atoms with Crippen LogP contribution in [0.25, 0.3) is 0 Å². The van der Waals surface area contributed by atoms with Gasteiger partial charge in [0.2, 0.25) is 0 Å². The van der Waals surface area contributed by atoms with Gasteiger partial charge in [0, 0.05) is 26.1 Å². The maximum absolute atomic E-state index is 11.9. The van der Waals surface area contributed by atoms with Crippen molar-refractivity contribution < 1.29 is 9.90 Å². The topological polar surface area (TPSA) is 91.5 Å². The van der Waals surface area contributed by atoms with Crippen molar-refractivity contribution in [3.05, 3.63) is 5.56 Å². The highest BCUT2D eigenvalue weighted by atomic mass is 32.1. The van der Waals surface area contributed by atoms with Crippen LogP contribution < -0.4 is 16.0 Å². The van der Waals surface area contributed by atoms with E-state index in [9.17, 15) is 9.90 Å². The van der Waals surface area contributed by atoms with Gasteiger partial charge in [-0.2, -0.15) is 4.37 Å². The van der Waals surface area contributed by atoms with Gasteiger partial charge in [-0.25, -0.2) is 0 Å². The number of aliphatic hydroxyl groups excluding tert-OH is 1. The van der Waals surface area contributed by atoms with Gasteiger partial charge in [0.1, 0.15) is 10.6 Å². The molecule has 0 bridgehead atoms. The number of hydrogen-bond acceptors (Lipinski definition) is 6. The molecule has 6 nitrogen and oxygen atoms in total. The molecule has 3 rings (SSSR count). The molecule has 7 heteroatoms. The van der Waals surface area contributed by atoms with Crippen LogP contribution in [0.4, 0.5) is 10.8 Å². The summed E-state index contributed by atoms with van der Waals surface area (Å²) in [4.78, 5) is 14.0. The van der Waals surface area contributed by atoms with E-state index < -0.39 is 0 Å². The van der Waals surface area contributed by atoms with Crippen LogP contribution in [0.1, 0.15) is 23.2 Å². The number of carbonyl (C=O) groups is 1. The second kappa shape index (κ2) is 4.64. The van der Waals surface area contributed by atoms with E-state index in [1.165, 1.54) is 11.5 Å². The lowest BCUT2D eigenvalue weighted by molar-refractivity contribution is 0.0964. The van der Waals surface area contributed by atoms with E-state index >= 15 is 0 Å². The first kappa shape index (κ1) is 12.7. The summed E-state index contributed by atoms with van der Waals surface area (Å²) in [6, 6.07) is 0. The summed E-state index contributed by atoms with van der Waals surface area (Å²) >= 11 is 1.27. The van der Waals surface area contributed by atoms with Gasteiger partial charge in [0.15, 0.2) is 5.82 Å². The third-order valence-corrected chi connectivity index (χ3v) is 5.18. The highest BCUT2D eigenvalue weighted by molar-refractivity contribution is 7.11. The lowest BCUT2D eigenvalue weighted by atomic mass is 10.00. The molecule has 0 radical (unpaired) electrons. The molecule has 2 aliphatic rings. The first-order chi connectivity index (χ1) is 9.11. The minimum absolute atomic E-state index is 0.196. The molecule has 19 heavy (non-hydrogen) atoms. The Morgan fingerprint density at radius 3 is 3.00 bits per heavy atom. The maximum atomic E-state index is 11.9. The number of aliphatic hydroxyl groups is 1. The summed E-state index contributed by atoms with van der Waals surface area (Å²) in [5.74, 6) is 0.938. The van der Waals surface area contributed by atoms with Crippen molar-refractivity contribution >= 4 is 28.3 Å². The van der Waals surface area contributed by atoms with Gasteiger partial charge in [0.05, 0.1) is 6.10 Å². The van der Waals surface area contributed by atoms with Gasteiger partial charge in [-0.1, -0.05) is 0 Å². The van der Waals surface area contributed by atoms with Gasteiger partial charge in [-0.3, -0.25) is 4.79 Å². The number of nitrogens with zero attached hydrogens (tertiary/aromatic N) is 2. The lowest BCUT2D eigenvalue weighted by Gasteiger charge is -2.19. The van der Waals surface area contributed by atoms with Gasteiger partial charge in [-0.05, 0) is 30.3 Å². The molecule has 0 aromatic carbocycles.